The normalized spacial score (nSPS) is 47.1. The summed E-state index contributed by atoms with van der Waals surface area (Å²) in [6.07, 6.45) is 8.88. The van der Waals surface area contributed by atoms with Gasteiger partial charge >= 0.3 is 0 Å². The molecule has 2 fully saturated rings. The van der Waals surface area contributed by atoms with E-state index in [-0.39, 0.29) is 5.92 Å². The molecule has 0 unspecified atom stereocenters. The molecule has 2 heteroatoms. The zero-order valence-electron chi connectivity index (χ0n) is 9.86. The summed E-state index contributed by atoms with van der Waals surface area (Å²) in [6.45, 7) is 1.99. The molecule has 0 aromatic rings. The molecule has 3 rings (SSSR count). The highest BCUT2D eigenvalue weighted by Gasteiger charge is 2.59. The zero-order valence-corrected chi connectivity index (χ0v) is 9.86. The Hall–Kier alpha value is -0.630. The Morgan fingerprint density at radius 2 is 2.38 bits per heavy atom. The molecule has 5 atom stereocenters. The number of carbonyl (C=O) groups excluding carboxylic acids is 1. The van der Waals surface area contributed by atoms with Gasteiger partial charge in [0, 0.05) is 5.92 Å². The Balaban J connectivity index is 2.06. The van der Waals surface area contributed by atoms with Crippen molar-refractivity contribution >= 4 is 5.78 Å². The maximum Gasteiger partial charge on any atom is 0.145 e. The fourth-order valence-corrected chi connectivity index (χ4v) is 4.34. The highest BCUT2D eigenvalue weighted by atomic mass is 16.3. The van der Waals surface area contributed by atoms with Crippen LogP contribution in [0.5, 0.6) is 0 Å². The van der Waals surface area contributed by atoms with Crippen molar-refractivity contribution < 1.29 is 9.90 Å². The third-order valence-electron chi connectivity index (χ3n) is 5.18. The first-order valence-electron chi connectivity index (χ1n) is 6.61. The summed E-state index contributed by atoms with van der Waals surface area (Å²) < 4.78 is 0. The molecule has 0 saturated heterocycles. The van der Waals surface area contributed by atoms with Gasteiger partial charge in [-0.1, -0.05) is 25.5 Å². The lowest BCUT2D eigenvalue weighted by Gasteiger charge is -2.50. The second kappa shape index (κ2) is 3.43. The first-order chi connectivity index (χ1) is 7.70. The van der Waals surface area contributed by atoms with Crippen LogP contribution in [0.2, 0.25) is 0 Å². The molecule has 0 heterocycles. The summed E-state index contributed by atoms with van der Waals surface area (Å²) in [5.74, 6) is 1.38. The van der Waals surface area contributed by atoms with E-state index in [9.17, 15) is 9.90 Å². The summed E-state index contributed by atoms with van der Waals surface area (Å²) in [6, 6.07) is 0. The lowest BCUT2D eigenvalue weighted by Crippen LogP contribution is -2.55. The molecule has 16 heavy (non-hydrogen) atoms. The number of aliphatic hydroxyl groups is 1. The van der Waals surface area contributed by atoms with E-state index in [4.69, 9.17) is 0 Å². The van der Waals surface area contributed by atoms with Crippen molar-refractivity contribution in [2.45, 2.75) is 45.1 Å². The minimum Gasteiger partial charge on any atom is -0.392 e. The molecule has 0 aromatic heterocycles. The Labute approximate surface area is 96.7 Å². The molecule has 0 amide bonds. The van der Waals surface area contributed by atoms with Crippen molar-refractivity contribution in [3.63, 3.8) is 0 Å². The van der Waals surface area contributed by atoms with Crippen molar-refractivity contribution in [2.75, 3.05) is 0 Å². The quantitative estimate of drug-likeness (QED) is 0.725. The van der Waals surface area contributed by atoms with Gasteiger partial charge in [0.05, 0.1) is 11.5 Å². The van der Waals surface area contributed by atoms with Crippen LogP contribution in [0.1, 0.15) is 39.0 Å². The number of allylic oxidation sites excluding steroid dienone is 2. The van der Waals surface area contributed by atoms with Crippen molar-refractivity contribution in [3.05, 3.63) is 12.2 Å². The number of rotatable bonds is 2. The summed E-state index contributed by atoms with van der Waals surface area (Å²) in [4.78, 5) is 12.6. The van der Waals surface area contributed by atoms with Crippen LogP contribution >= 0.6 is 0 Å². The fraction of sp³-hybridized carbons (Fsp3) is 0.786. The average molecular weight is 220 g/mol. The number of hydrogen-bond donors (Lipinski definition) is 1. The summed E-state index contributed by atoms with van der Waals surface area (Å²) >= 11 is 0. The van der Waals surface area contributed by atoms with E-state index in [2.05, 4.69) is 12.2 Å². The maximum absolute atomic E-state index is 12.6. The third kappa shape index (κ3) is 1.09. The molecular formula is C14H20O2. The number of aliphatic hydroxyl groups excluding tert-OH is 1. The van der Waals surface area contributed by atoms with Gasteiger partial charge in [0.1, 0.15) is 5.78 Å². The topological polar surface area (TPSA) is 37.3 Å². The first kappa shape index (κ1) is 10.5. The van der Waals surface area contributed by atoms with Gasteiger partial charge in [0.15, 0.2) is 0 Å². The standard InChI is InChI=1S/C14H20O2/c1-2-12(15)14-7-3-4-11(13(14)16)9-5-6-10(14)8-9/h5-6,9-12,15H,2-4,7-8H2,1H3/t9-,10+,11+,12+,14-/m1/s1. The lowest BCUT2D eigenvalue weighted by atomic mass is 9.53. The van der Waals surface area contributed by atoms with Crippen molar-refractivity contribution in [1.82, 2.24) is 0 Å². The number of hydrogen-bond acceptors (Lipinski definition) is 2. The van der Waals surface area contributed by atoms with Gasteiger partial charge in [-0.2, -0.15) is 0 Å². The Bertz CT molecular complexity index is 347. The molecule has 0 radical (unpaired) electrons. The smallest absolute Gasteiger partial charge is 0.145 e. The number of carbonyl (C=O) groups is 1. The van der Waals surface area contributed by atoms with Crippen molar-refractivity contribution in [3.8, 4) is 0 Å². The van der Waals surface area contributed by atoms with Crippen LogP contribution in [0.3, 0.4) is 0 Å². The summed E-state index contributed by atoms with van der Waals surface area (Å²) in [5, 5.41) is 10.3. The average Bonchev–Trinajstić information content (AvgIpc) is 2.74. The molecular weight excluding hydrogens is 200 g/mol. The highest BCUT2D eigenvalue weighted by Crippen LogP contribution is 2.57. The zero-order chi connectivity index (χ0) is 11.3. The van der Waals surface area contributed by atoms with Gasteiger partial charge in [-0.05, 0) is 37.5 Å². The van der Waals surface area contributed by atoms with E-state index in [0.29, 0.717) is 24.0 Å². The van der Waals surface area contributed by atoms with Gasteiger partial charge < -0.3 is 5.11 Å². The number of ketones is 1. The third-order valence-corrected chi connectivity index (χ3v) is 5.18. The molecule has 88 valence electrons. The van der Waals surface area contributed by atoms with E-state index < -0.39 is 11.5 Å². The van der Waals surface area contributed by atoms with Gasteiger partial charge in [0.2, 0.25) is 0 Å². The lowest BCUT2D eigenvalue weighted by molar-refractivity contribution is -0.156. The van der Waals surface area contributed by atoms with E-state index in [0.717, 1.165) is 25.7 Å². The van der Waals surface area contributed by atoms with E-state index in [1.165, 1.54) is 0 Å². The van der Waals surface area contributed by atoms with Crippen LogP contribution in [-0.4, -0.2) is 17.0 Å². The predicted octanol–water partition coefficient (Wildman–Crippen LogP) is 2.32. The Kier molecular flexibility index (Phi) is 2.25. The van der Waals surface area contributed by atoms with Gasteiger partial charge in [-0.15, -0.1) is 0 Å². The number of fused-ring (bicyclic) bond motifs is 6. The van der Waals surface area contributed by atoms with Crippen LogP contribution in [0.25, 0.3) is 0 Å². The van der Waals surface area contributed by atoms with Gasteiger partial charge in [0.25, 0.3) is 0 Å². The fourth-order valence-electron chi connectivity index (χ4n) is 4.34. The molecule has 2 saturated carbocycles. The molecule has 3 aliphatic rings. The SMILES string of the molecule is CC[C@H](O)[C@]12CCC[C@H](C1=O)[C@@H]1C=C[C@H]2C1. The molecule has 1 N–H and O–H groups in total. The summed E-state index contributed by atoms with van der Waals surface area (Å²) in [7, 11) is 0. The first-order valence-corrected chi connectivity index (χ1v) is 6.61. The Morgan fingerprint density at radius 1 is 1.56 bits per heavy atom. The van der Waals surface area contributed by atoms with Crippen LogP contribution < -0.4 is 0 Å². The van der Waals surface area contributed by atoms with E-state index in [1.807, 2.05) is 6.92 Å². The van der Waals surface area contributed by atoms with Crippen LogP contribution in [0.4, 0.5) is 0 Å². The predicted molar refractivity (Wildman–Crippen MR) is 61.8 cm³/mol. The minimum absolute atomic E-state index is 0.213. The second-order valence-electron chi connectivity index (χ2n) is 5.72. The Morgan fingerprint density at radius 3 is 3.12 bits per heavy atom. The van der Waals surface area contributed by atoms with Crippen LogP contribution in [0.15, 0.2) is 12.2 Å². The summed E-state index contributed by atoms with van der Waals surface area (Å²) in [5.41, 5.74) is -0.416. The molecule has 0 aromatic carbocycles. The molecule has 4 bridgehead atoms. The van der Waals surface area contributed by atoms with Gasteiger partial charge in [-0.3, -0.25) is 4.79 Å². The molecule has 2 nitrogen and oxygen atoms in total. The molecule has 0 spiro atoms. The molecule has 3 aliphatic carbocycles. The number of Topliss-reactive ketones (excluding diaryl/α,β-unsaturated/α-hetero) is 1. The van der Waals surface area contributed by atoms with E-state index in [1.54, 1.807) is 0 Å². The van der Waals surface area contributed by atoms with Crippen LogP contribution in [-0.2, 0) is 4.79 Å². The van der Waals surface area contributed by atoms with Crippen LogP contribution in [0, 0.1) is 23.2 Å². The molecule has 0 aliphatic heterocycles. The van der Waals surface area contributed by atoms with Crippen molar-refractivity contribution in [2.24, 2.45) is 23.2 Å². The second-order valence-corrected chi connectivity index (χ2v) is 5.72. The maximum atomic E-state index is 12.6. The van der Waals surface area contributed by atoms with E-state index >= 15 is 0 Å². The monoisotopic (exact) mass is 220 g/mol. The largest absolute Gasteiger partial charge is 0.392 e. The minimum atomic E-state index is -0.434. The van der Waals surface area contributed by atoms with Gasteiger partial charge in [-0.25, -0.2) is 0 Å². The van der Waals surface area contributed by atoms with Crippen molar-refractivity contribution in [1.29, 1.82) is 0 Å². The highest BCUT2D eigenvalue weighted by molar-refractivity contribution is 5.90.